The van der Waals surface area contributed by atoms with Gasteiger partial charge in [-0.05, 0) is 19.3 Å². The summed E-state index contributed by atoms with van der Waals surface area (Å²) in [6.45, 7) is 3.83. The number of hydroxylamine groups is 1. The maximum absolute atomic E-state index is 11.9. The summed E-state index contributed by atoms with van der Waals surface area (Å²) in [5, 5.41) is 22.4. The fourth-order valence-electron chi connectivity index (χ4n) is 2.90. The van der Waals surface area contributed by atoms with E-state index in [1.165, 1.54) is 0 Å². The summed E-state index contributed by atoms with van der Waals surface area (Å²) in [6.07, 6.45) is 5.38. The Hall–Kier alpha value is -0.570. The molecule has 80 valence electrons. The molecule has 1 unspecified atom stereocenters. The first-order valence-corrected chi connectivity index (χ1v) is 5.52. The Morgan fingerprint density at radius 2 is 2.00 bits per heavy atom. The largest absolute Gasteiger partial charge is 0.623 e. The van der Waals surface area contributed by atoms with Crippen LogP contribution in [0.4, 0.5) is 0 Å². The van der Waals surface area contributed by atoms with Crippen molar-refractivity contribution in [2.24, 2.45) is 0 Å². The van der Waals surface area contributed by atoms with Gasteiger partial charge in [-0.15, -0.1) is 0 Å². The molecule has 0 aromatic heterocycles. The Balaban J connectivity index is 2.39. The third-order valence-corrected chi connectivity index (χ3v) is 3.56. The van der Waals surface area contributed by atoms with Gasteiger partial charge in [-0.2, -0.15) is 0 Å². The van der Waals surface area contributed by atoms with Crippen molar-refractivity contribution in [3.8, 4) is 0 Å². The molecule has 1 fully saturated rings. The van der Waals surface area contributed by atoms with Crippen LogP contribution in [-0.2, 0) is 0 Å². The van der Waals surface area contributed by atoms with Gasteiger partial charge in [0.05, 0.1) is 6.42 Å². The van der Waals surface area contributed by atoms with E-state index in [0.717, 1.165) is 42.6 Å². The Morgan fingerprint density at radius 3 is 2.71 bits per heavy atom. The van der Waals surface area contributed by atoms with Crippen LogP contribution in [-0.4, -0.2) is 26.7 Å². The summed E-state index contributed by atoms with van der Waals surface area (Å²) in [7, 11) is 0. The van der Waals surface area contributed by atoms with E-state index in [1.54, 1.807) is 0 Å². The average molecular weight is 197 g/mol. The maximum Gasteiger partial charge on any atom is 0.196 e. The van der Waals surface area contributed by atoms with Crippen molar-refractivity contribution in [1.82, 2.24) is 0 Å². The van der Waals surface area contributed by atoms with Gasteiger partial charge in [-0.25, -0.2) is 4.74 Å². The molecule has 0 aromatic rings. The lowest BCUT2D eigenvalue weighted by molar-refractivity contribution is -0.532. The molecule has 1 atom stereocenters. The molecular weight excluding hydrogens is 178 g/mol. The molecule has 1 heterocycles. The van der Waals surface area contributed by atoms with E-state index in [1.807, 2.05) is 13.8 Å². The standard InChI is InChI=1S/C11H19NO2/c1-10(2)8-11(13)7-5-3-4-6-9(11)12(10)14/h13H,3-8H2,1-2H3. The van der Waals surface area contributed by atoms with Crippen LogP contribution in [0.5, 0.6) is 0 Å². The zero-order valence-electron chi connectivity index (χ0n) is 9.05. The number of hydrogen-bond acceptors (Lipinski definition) is 2. The van der Waals surface area contributed by atoms with E-state index in [9.17, 15) is 10.3 Å². The highest BCUT2D eigenvalue weighted by Gasteiger charge is 2.53. The van der Waals surface area contributed by atoms with Crippen LogP contribution in [0.2, 0.25) is 0 Å². The number of hydrogen-bond donors (Lipinski definition) is 1. The minimum absolute atomic E-state index is 0.415. The second-order valence-electron chi connectivity index (χ2n) is 5.32. The first-order chi connectivity index (χ1) is 6.46. The summed E-state index contributed by atoms with van der Waals surface area (Å²) in [6, 6.07) is 0. The van der Waals surface area contributed by atoms with Gasteiger partial charge in [0.15, 0.2) is 16.9 Å². The maximum atomic E-state index is 11.9. The smallest absolute Gasteiger partial charge is 0.196 e. The van der Waals surface area contributed by atoms with Gasteiger partial charge in [0.2, 0.25) is 0 Å². The van der Waals surface area contributed by atoms with Crippen LogP contribution in [0, 0.1) is 5.21 Å². The van der Waals surface area contributed by atoms with Crippen molar-refractivity contribution in [2.45, 2.75) is 63.5 Å². The molecule has 1 saturated carbocycles. The highest BCUT2D eigenvalue weighted by molar-refractivity contribution is 5.90. The highest BCUT2D eigenvalue weighted by atomic mass is 16.5. The van der Waals surface area contributed by atoms with Crippen LogP contribution in [0.3, 0.4) is 0 Å². The van der Waals surface area contributed by atoms with E-state index in [-0.39, 0.29) is 0 Å². The normalized spacial score (nSPS) is 36.8. The molecule has 14 heavy (non-hydrogen) atoms. The predicted octanol–water partition coefficient (Wildman–Crippen LogP) is 1.82. The van der Waals surface area contributed by atoms with Crippen molar-refractivity contribution in [2.75, 3.05) is 0 Å². The van der Waals surface area contributed by atoms with Crippen LogP contribution in [0.15, 0.2) is 0 Å². The Kier molecular flexibility index (Phi) is 2.11. The zero-order valence-corrected chi connectivity index (χ0v) is 9.05. The molecular formula is C11H19NO2. The van der Waals surface area contributed by atoms with Crippen molar-refractivity contribution >= 4 is 5.71 Å². The van der Waals surface area contributed by atoms with E-state index in [0.29, 0.717) is 6.42 Å². The first kappa shape index (κ1) is 9.97. The lowest BCUT2D eigenvalue weighted by Gasteiger charge is -2.20. The van der Waals surface area contributed by atoms with Crippen molar-refractivity contribution in [3.63, 3.8) is 0 Å². The van der Waals surface area contributed by atoms with Gasteiger partial charge in [-0.3, -0.25) is 0 Å². The SMILES string of the molecule is CC1(C)CC2(O)CCCCCC2=[N+]1[O-]. The number of rotatable bonds is 0. The lowest BCUT2D eigenvalue weighted by atomic mass is 9.85. The van der Waals surface area contributed by atoms with Crippen molar-refractivity contribution in [3.05, 3.63) is 5.21 Å². The van der Waals surface area contributed by atoms with E-state index in [4.69, 9.17) is 0 Å². The van der Waals surface area contributed by atoms with Crippen molar-refractivity contribution < 1.29 is 9.85 Å². The van der Waals surface area contributed by atoms with E-state index in [2.05, 4.69) is 0 Å². The van der Waals surface area contributed by atoms with Crippen LogP contribution in [0.25, 0.3) is 0 Å². The van der Waals surface area contributed by atoms with Gasteiger partial charge in [0.1, 0.15) is 0 Å². The summed E-state index contributed by atoms with van der Waals surface area (Å²) in [5.41, 5.74) is -0.469. The Bertz CT molecular complexity index is 283. The molecule has 0 aromatic carbocycles. The second kappa shape index (κ2) is 2.96. The molecule has 1 aliphatic carbocycles. The molecule has 0 spiro atoms. The molecule has 3 heteroatoms. The third kappa shape index (κ3) is 1.34. The van der Waals surface area contributed by atoms with Gasteiger partial charge in [0.25, 0.3) is 0 Å². The monoisotopic (exact) mass is 197 g/mol. The minimum Gasteiger partial charge on any atom is -0.623 e. The molecule has 0 bridgehead atoms. The molecule has 2 aliphatic rings. The summed E-state index contributed by atoms with van der Waals surface area (Å²) < 4.78 is 1.07. The predicted molar refractivity (Wildman–Crippen MR) is 55.4 cm³/mol. The van der Waals surface area contributed by atoms with Crippen LogP contribution < -0.4 is 0 Å². The summed E-state index contributed by atoms with van der Waals surface area (Å²) in [5.74, 6) is 0. The second-order valence-corrected chi connectivity index (χ2v) is 5.32. The fraction of sp³-hybridized carbons (Fsp3) is 0.909. The topological polar surface area (TPSA) is 46.3 Å². The first-order valence-electron chi connectivity index (χ1n) is 5.52. The quantitative estimate of drug-likeness (QED) is 0.475. The Morgan fingerprint density at radius 1 is 1.29 bits per heavy atom. The lowest BCUT2D eigenvalue weighted by Crippen LogP contribution is -2.36. The fourth-order valence-corrected chi connectivity index (χ4v) is 2.90. The molecule has 0 saturated heterocycles. The van der Waals surface area contributed by atoms with Gasteiger partial charge in [-0.1, -0.05) is 6.42 Å². The average Bonchev–Trinajstić information content (AvgIpc) is 2.25. The van der Waals surface area contributed by atoms with Crippen LogP contribution >= 0.6 is 0 Å². The van der Waals surface area contributed by atoms with Crippen molar-refractivity contribution in [1.29, 1.82) is 0 Å². The van der Waals surface area contributed by atoms with E-state index >= 15 is 0 Å². The number of fused-ring (bicyclic) bond motifs is 1. The molecule has 3 nitrogen and oxygen atoms in total. The Labute approximate surface area is 85.0 Å². The molecule has 0 amide bonds. The molecule has 0 radical (unpaired) electrons. The highest BCUT2D eigenvalue weighted by Crippen LogP contribution is 2.38. The van der Waals surface area contributed by atoms with Crippen LogP contribution in [0.1, 0.15) is 52.4 Å². The molecule has 1 N–H and O–H groups in total. The van der Waals surface area contributed by atoms with Gasteiger partial charge >= 0.3 is 0 Å². The van der Waals surface area contributed by atoms with E-state index < -0.39 is 11.1 Å². The molecule has 1 aliphatic heterocycles. The summed E-state index contributed by atoms with van der Waals surface area (Å²) in [4.78, 5) is 0. The molecule has 2 rings (SSSR count). The zero-order chi connectivity index (χ0) is 10.4. The minimum atomic E-state index is -0.790. The van der Waals surface area contributed by atoms with Gasteiger partial charge < -0.3 is 10.3 Å². The summed E-state index contributed by atoms with van der Waals surface area (Å²) >= 11 is 0. The van der Waals surface area contributed by atoms with Gasteiger partial charge in [0, 0.05) is 20.3 Å². The third-order valence-electron chi connectivity index (χ3n) is 3.56. The number of aliphatic hydroxyl groups is 1. The number of nitrogens with zero attached hydrogens (tertiary/aromatic N) is 1.